The van der Waals surface area contributed by atoms with Gasteiger partial charge in [-0.3, -0.25) is 0 Å². The fourth-order valence-corrected chi connectivity index (χ4v) is 5.44. The topological polar surface area (TPSA) is 35.8 Å². The van der Waals surface area contributed by atoms with E-state index in [9.17, 15) is 0 Å². The molecule has 104 valence electrons. The van der Waals surface area contributed by atoms with E-state index in [1.54, 1.807) is 0 Å². The van der Waals surface area contributed by atoms with Crippen LogP contribution in [0, 0.1) is 36.0 Å². The number of aryl methyl sites for hydroxylation is 1. The van der Waals surface area contributed by atoms with Crippen LogP contribution in [-0.4, -0.2) is 5.54 Å². The number of hydrogen-bond acceptors (Lipinski definition) is 2. The first-order valence-corrected chi connectivity index (χ1v) is 7.95. The standard InChI is InChI=1S/C18H22N2/c1-12-4-17(3-2-16(12)11-19)20-18-8-13-5-14(9-18)7-15(6-13)10-18/h2-4,13-15,20H,5-10H2,1H3. The van der Waals surface area contributed by atoms with E-state index >= 15 is 0 Å². The van der Waals surface area contributed by atoms with E-state index in [0.29, 0.717) is 5.54 Å². The van der Waals surface area contributed by atoms with E-state index in [0.717, 1.165) is 28.9 Å². The number of nitrogens with one attached hydrogen (secondary N) is 1. The second kappa shape index (κ2) is 4.25. The predicted octanol–water partition coefficient (Wildman–Crippen LogP) is 4.25. The average molecular weight is 266 g/mol. The molecule has 4 aliphatic carbocycles. The number of nitrogens with zero attached hydrogens (tertiary/aromatic N) is 1. The van der Waals surface area contributed by atoms with E-state index in [1.165, 1.54) is 44.2 Å². The van der Waals surface area contributed by atoms with Gasteiger partial charge in [-0.05, 0) is 87.0 Å². The zero-order chi connectivity index (χ0) is 13.7. The van der Waals surface area contributed by atoms with Gasteiger partial charge in [0, 0.05) is 11.2 Å². The summed E-state index contributed by atoms with van der Waals surface area (Å²) in [6.07, 6.45) is 8.52. The Morgan fingerprint density at radius 3 is 2.20 bits per heavy atom. The monoisotopic (exact) mass is 266 g/mol. The second-order valence-electron chi connectivity index (χ2n) is 7.46. The van der Waals surface area contributed by atoms with Crippen LogP contribution in [0.5, 0.6) is 0 Å². The van der Waals surface area contributed by atoms with Gasteiger partial charge in [0.05, 0.1) is 11.6 Å². The van der Waals surface area contributed by atoms with Crippen LogP contribution in [0.15, 0.2) is 18.2 Å². The van der Waals surface area contributed by atoms with Crippen LogP contribution in [0.1, 0.15) is 49.7 Å². The summed E-state index contributed by atoms with van der Waals surface area (Å²) in [6.45, 7) is 2.03. The van der Waals surface area contributed by atoms with E-state index in [4.69, 9.17) is 5.26 Å². The Morgan fingerprint density at radius 2 is 1.70 bits per heavy atom. The maximum absolute atomic E-state index is 9.04. The number of anilines is 1. The SMILES string of the molecule is Cc1cc(NC23CC4CC(CC(C4)C2)C3)ccc1C#N. The molecule has 2 heteroatoms. The minimum absolute atomic E-state index is 0.356. The highest BCUT2D eigenvalue weighted by atomic mass is 15.0. The Kier molecular flexibility index (Phi) is 2.61. The van der Waals surface area contributed by atoms with Crippen molar-refractivity contribution >= 4 is 5.69 Å². The van der Waals surface area contributed by atoms with Crippen molar-refractivity contribution in [3.8, 4) is 6.07 Å². The molecule has 4 aliphatic rings. The lowest BCUT2D eigenvalue weighted by Crippen LogP contribution is -2.54. The Hall–Kier alpha value is -1.49. The average Bonchev–Trinajstić information content (AvgIpc) is 2.36. The van der Waals surface area contributed by atoms with Gasteiger partial charge >= 0.3 is 0 Å². The maximum Gasteiger partial charge on any atom is 0.0994 e. The fourth-order valence-electron chi connectivity index (χ4n) is 5.44. The zero-order valence-corrected chi connectivity index (χ0v) is 12.2. The highest BCUT2D eigenvalue weighted by Gasteiger charge is 2.50. The molecule has 2 nitrogen and oxygen atoms in total. The van der Waals surface area contributed by atoms with Crippen molar-refractivity contribution in [2.45, 2.75) is 51.0 Å². The molecule has 0 unspecified atom stereocenters. The number of nitriles is 1. The first-order valence-electron chi connectivity index (χ1n) is 7.95. The van der Waals surface area contributed by atoms with Gasteiger partial charge < -0.3 is 5.32 Å². The molecule has 4 fully saturated rings. The third-order valence-corrected chi connectivity index (χ3v) is 5.79. The van der Waals surface area contributed by atoms with Crippen LogP contribution in [-0.2, 0) is 0 Å². The molecule has 0 aromatic heterocycles. The molecule has 1 N–H and O–H groups in total. The van der Waals surface area contributed by atoms with Crippen molar-refractivity contribution in [2.75, 3.05) is 5.32 Å². The summed E-state index contributed by atoms with van der Waals surface area (Å²) in [7, 11) is 0. The molecule has 0 aliphatic heterocycles. The van der Waals surface area contributed by atoms with E-state index in [1.807, 2.05) is 13.0 Å². The molecule has 0 spiro atoms. The third kappa shape index (κ3) is 1.92. The Balaban J connectivity index is 1.60. The van der Waals surface area contributed by atoms with Gasteiger partial charge in [0.25, 0.3) is 0 Å². The largest absolute Gasteiger partial charge is 0.380 e. The van der Waals surface area contributed by atoms with Gasteiger partial charge in [-0.15, -0.1) is 0 Å². The predicted molar refractivity (Wildman–Crippen MR) is 80.4 cm³/mol. The van der Waals surface area contributed by atoms with Crippen LogP contribution >= 0.6 is 0 Å². The molecule has 0 atom stereocenters. The van der Waals surface area contributed by atoms with Gasteiger partial charge in [0.1, 0.15) is 0 Å². The van der Waals surface area contributed by atoms with Crippen molar-refractivity contribution in [1.82, 2.24) is 0 Å². The summed E-state index contributed by atoms with van der Waals surface area (Å²) in [5, 5.41) is 12.9. The molecule has 1 aromatic carbocycles. The molecule has 5 rings (SSSR count). The second-order valence-corrected chi connectivity index (χ2v) is 7.46. The fraction of sp³-hybridized carbons (Fsp3) is 0.611. The van der Waals surface area contributed by atoms with Crippen molar-refractivity contribution in [1.29, 1.82) is 5.26 Å². The first-order chi connectivity index (χ1) is 9.66. The molecule has 1 aromatic rings. The van der Waals surface area contributed by atoms with Gasteiger partial charge in [-0.25, -0.2) is 0 Å². The van der Waals surface area contributed by atoms with Crippen LogP contribution < -0.4 is 5.32 Å². The van der Waals surface area contributed by atoms with Crippen LogP contribution in [0.2, 0.25) is 0 Å². The lowest BCUT2D eigenvalue weighted by atomic mass is 9.53. The number of rotatable bonds is 2. The van der Waals surface area contributed by atoms with Gasteiger partial charge in [0.2, 0.25) is 0 Å². The van der Waals surface area contributed by atoms with E-state index in [2.05, 4.69) is 23.5 Å². The smallest absolute Gasteiger partial charge is 0.0994 e. The molecule has 4 saturated carbocycles. The van der Waals surface area contributed by atoms with Gasteiger partial charge in [0.15, 0.2) is 0 Å². The Bertz CT molecular complexity index is 546. The highest BCUT2D eigenvalue weighted by molar-refractivity contribution is 5.53. The van der Waals surface area contributed by atoms with Gasteiger partial charge in [-0.1, -0.05) is 0 Å². The lowest BCUT2D eigenvalue weighted by Gasteiger charge is -2.57. The van der Waals surface area contributed by atoms with Crippen LogP contribution in [0.3, 0.4) is 0 Å². The quantitative estimate of drug-likeness (QED) is 0.868. The van der Waals surface area contributed by atoms with Gasteiger partial charge in [-0.2, -0.15) is 5.26 Å². The van der Waals surface area contributed by atoms with Crippen molar-refractivity contribution in [3.63, 3.8) is 0 Å². The Morgan fingerprint density at radius 1 is 1.10 bits per heavy atom. The summed E-state index contributed by atoms with van der Waals surface area (Å²) >= 11 is 0. The maximum atomic E-state index is 9.04. The zero-order valence-electron chi connectivity index (χ0n) is 12.2. The molecule has 0 amide bonds. The minimum Gasteiger partial charge on any atom is -0.380 e. The summed E-state index contributed by atoms with van der Waals surface area (Å²) in [4.78, 5) is 0. The summed E-state index contributed by atoms with van der Waals surface area (Å²) < 4.78 is 0. The highest BCUT2D eigenvalue weighted by Crippen LogP contribution is 2.56. The molecular weight excluding hydrogens is 244 g/mol. The Labute approximate surface area is 121 Å². The number of benzene rings is 1. The molecular formula is C18H22N2. The normalized spacial score (nSPS) is 37.7. The molecule has 0 radical (unpaired) electrons. The van der Waals surface area contributed by atoms with Crippen LogP contribution in [0.4, 0.5) is 5.69 Å². The lowest BCUT2D eigenvalue weighted by molar-refractivity contribution is 0.0107. The molecule has 0 heterocycles. The first kappa shape index (κ1) is 12.3. The summed E-state index contributed by atoms with van der Waals surface area (Å²) in [6, 6.07) is 8.45. The van der Waals surface area contributed by atoms with E-state index < -0.39 is 0 Å². The summed E-state index contributed by atoms with van der Waals surface area (Å²) in [5.74, 6) is 2.90. The van der Waals surface area contributed by atoms with E-state index in [-0.39, 0.29) is 0 Å². The number of hydrogen-bond donors (Lipinski definition) is 1. The van der Waals surface area contributed by atoms with Crippen molar-refractivity contribution in [2.24, 2.45) is 17.8 Å². The molecule has 4 bridgehead atoms. The summed E-state index contributed by atoms with van der Waals surface area (Å²) in [5.41, 5.74) is 3.45. The van der Waals surface area contributed by atoms with Crippen LogP contribution in [0.25, 0.3) is 0 Å². The third-order valence-electron chi connectivity index (χ3n) is 5.79. The molecule has 0 saturated heterocycles. The molecule has 20 heavy (non-hydrogen) atoms. The van der Waals surface area contributed by atoms with Crippen molar-refractivity contribution < 1.29 is 0 Å². The minimum atomic E-state index is 0.356. The van der Waals surface area contributed by atoms with Crippen molar-refractivity contribution in [3.05, 3.63) is 29.3 Å².